The molecule has 0 bridgehead atoms. The highest BCUT2D eigenvalue weighted by Crippen LogP contribution is 2.41. The van der Waals surface area contributed by atoms with Gasteiger partial charge in [0.15, 0.2) is 17.4 Å². The molecule has 5 rings (SSSR count). The van der Waals surface area contributed by atoms with E-state index in [4.69, 9.17) is 19.2 Å². The van der Waals surface area contributed by atoms with Crippen molar-refractivity contribution >= 4 is 17.2 Å². The fraction of sp³-hybridized carbons (Fsp3) is 0.419. The number of nitrogens with zero attached hydrogens (tertiary/aromatic N) is 4. The van der Waals surface area contributed by atoms with Crippen LogP contribution in [0, 0.1) is 18.2 Å². The number of aromatic nitrogens is 4. The van der Waals surface area contributed by atoms with E-state index in [-0.39, 0.29) is 11.2 Å². The molecule has 1 aliphatic rings. The van der Waals surface area contributed by atoms with E-state index in [1.807, 2.05) is 27.7 Å². The van der Waals surface area contributed by atoms with Crippen LogP contribution in [0.5, 0.6) is 0 Å². The zero-order chi connectivity index (χ0) is 28.8. The predicted octanol–water partition coefficient (Wildman–Crippen LogP) is 6.96. The van der Waals surface area contributed by atoms with Crippen molar-refractivity contribution in [3.8, 4) is 11.6 Å². The van der Waals surface area contributed by atoms with Gasteiger partial charge in [-0.2, -0.15) is 5.10 Å². The molecule has 9 heteroatoms. The Bertz CT molecular complexity index is 1590. The van der Waals surface area contributed by atoms with E-state index in [0.29, 0.717) is 46.4 Å². The molecule has 1 atom stereocenters. The number of ether oxygens (including phenoxy) is 1. The average Bonchev–Trinajstić information content (AvgIpc) is 3.50. The van der Waals surface area contributed by atoms with Gasteiger partial charge in [0.05, 0.1) is 17.5 Å². The standard InChI is InChI=1S/C31H35FN4O4/c1-18-25(27(29(37)38)40-30(2,3)4)26(20-11-13-31(5,6)14-12-20)36-24(34-18)16-23(35-36)28-33-17-22(39-28)15-19-7-9-21(32)10-8-19/h7-11,16-17,27H,12-15H2,1-6H3,(H,37,38)/t27-/m0/s1. The second-order valence-corrected chi connectivity index (χ2v) is 12.2. The molecule has 0 aliphatic heterocycles. The molecule has 0 spiro atoms. The maximum atomic E-state index is 13.3. The van der Waals surface area contributed by atoms with Crippen molar-refractivity contribution < 1.29 is 23.4 Å². The Morgan fingerprint density at radius 1 is 1.25 bits per heavy atom. The predicted molar refractivity (Wildman–Crippen MR) is 149 cm³/mol. The summed E-state index contributed by atoms with van der Waals surface area (Å²) in [6.45, 7) is 11.8. The smallest absolute Gasteiger partial charge is 0.337 e. The number of fused-ring (bicyclic) bond motifs is 1. The lowest BCUT2D eigenvalue weighted by Gasteiger charge is -2.31. The lowest BCUT2D eigenvalue weighted by molar-refractivity contribution is -0.160. The summed E-state index contributed by atoms with van der Waals surface area (Å²) in [4.78, 5) is 21.7. The fourth-order valence-electron chi connectivity index (χ4n) is 5.05. The van der Waals surface area contributed by atoms with E-state index in [1.54, 1.807) is 28.9 Å². The van der Waals surface area contributed by atoms with Crippen LogP contribution in [0.1, 0.15) is 88.3 Å². The van der Waals surface area contributed by atoms with Crippen LogP contribution in [-0.2, 0) is 16.0 Å². The number of carboxylic acids is 1. The van der Waals surface area contributed by atoms with Crippen molar-refractivity contribution in [2.24, 2.45) is 5.41 Å². The maximum Gasteiger partial charge on any atom is 0.337 e. The van der Waals surface area contributed by atoms with Gasteiger partial charge in [-0.15, -0.1) is 0 Å². The Morgan fingerprint density at radius 2 is 1.98 bits per heavy atom. The molecule has 0 radical (unpaired) electrons. The van der Waals surface area contributed by atoms with Gasteiger partial charge < -0.3 is 14.3 Å². The lowest BCUT2D eigenvalue weighted by atomic mass is 9.77. The van der Waals surface area contributed by atoms with Crippen molar-refractivity contribution in [1.29, 1.82) is 0 Å². The van der Waals surface area contributed by atoms with Gasteiger partial charge in [0.1, 0.15) is 11.6 Å². The van der Waals surface area contributed by atoms with E-state index in [0.717, 1.165) is 30.4 Å². The summed E-state index contributed by atoms with van der Waals surface area (Å²) in [5.41, 5.74) is 4.19. The van der Waals surface area contributed by atoms with Crippen LogP contribution in [0.3, 0.4) is 0 Å². The Kier molecular flexibility index (Phi) is 7.12. The van der Waals surface area contributed by atoms with Crippen LogP contribution < -0.4 is 0 Å². The molecule has 3 heterocycles. The molecule has 210 valence electrons. The molecule has 0 saturated heterocycles. The summed E-state index contributed by atoms with van der Waals surface area (Å²) in [7, 11) is 0. The molecule has 1 aliphatic carbocycles. The number of carbonyl (C=O) groups is 1. The normalized spacial score (nSPS) is 16.2. The van der Waals surface area contributed by atoms with Gasteiger partial charge in [0, 0.05) is 23.7 Å². The minimum absolute atomic E-state index is 0.160. The van der Waals surface area contributed by atoms with Crippen molar-refractivity contribution in [3.63, 3.8) is 0 Å². The first-order valence-electron chi connectivity index (χ1n) is 13.5. The highest BCUT2D eigenvalue weighted by molar-refractivity contribution is 5.80. The number of carboxylic acid groups (broad SMARTS) is 1. The second-order valence-electron chi connectivity index (χ2n) is 12.2. The van der Waals surface area contributed by atoms with Crippen LogP contribution in [-0.4, -0.2) is 36.3 Å². The monoisotopic (exact) mass is 546 g/mol. The third kappa shape index (κ3) is 5.84. The zero-order valence-corrected chi connectivity index (χ0v) is 23.8. The number of aliphatic carboxylic acids is 1. The summed E-state index contributed by atoms with van der Waals surface area (Å²) in [5, 5.41) is 15.1. The highest BCUT2D eigenvalue weighted by Gasteiger charge is 2.35. The molecule has 0 fully saturated rings. The van der Waals surface area contributed by atoms with Crippen LogP contribution >= 0.6 is 0 Å². The summed E-state index contributed by atoms with van der Waals surface area (Å²) < 4.78 is 27.1. The Hall–Kier alpha value is -3.85. The van der Waals surface area contributed by atoms with Crippen LogP contribution in [0.2, 0.25) is 0 Å². The van der Waals surface area contributed by atoms with Gasteiger partial charge in [0.25, 0.3) is 0 Å². The van der Waals surface area contributed by atoms with E-state index >= 15 is 0 Å². The van der Waals surface area contributed by atoms with Crippen molar-refractivity contribution in [3.05, 3.63) is 76.7 Å². The number of hydrogen-bond donors (Lipinski definition) is 1. The topological polar surface area (TPSA) is 103 Å². The number of rotatable bonds is 7. The van der Waals surface area contributed by atoms with E-state index in [9.17, 15) is 14.3 Å². The summed E-state index contributed by atoms with van der Waals surface area (Å²) in [6.07, 6.45) is 5.65. The van der Waals surface area contributed by atoms with Gasteiger partial charge in [-0.25, -0.2) is 23.7 Å². The second kappa shape index (κ2) is 10.3. The molecule has 1 N–H and O–H groups in total. The van der Waals surface area contributed by atoms with E-state index in [1.165, 1.54) is 12.1 Å². The number of oxazole rings is 1. The van der Waals surface area contributed by atoms with E-state index in [2.05, 4.69) is 24.9 Å². The molecule has 40 heavy (non-hydrogen) atoms. The number of allylic oxidation sites excluding steroid dienone is 2. The lowest BCUT2D eigenvalue weighted by Crippen LogP contribution is -2.29. The molecule has 0 saturated carbocycles. The first-order valence-corrected chi connectivity index (χ1v) is 13.5. The van der Waals surface area contributed by atoms with Gasteiger partial charge in [-0.05, 0) is 75.6 Å². The number of benzene rings is 1. The van der Waals surface area contributed by atoms with E-state index < -0.39 is 17.7 Å². The SMILES string of the molecule is Cc1nc2cc(-c3ncc(Cc4ccc(F)cc4)o3)nn2c(C2=CCC(C)(C)CC2)c1[C@H](OC(C)(C)C)C(=O)O. The number of halogens is 1. The Balaban J connectivity index is 1.62. The minimum Gasteiger partial charge on any atom is -0.479 e. The average molecular weight is 547 g/mol. The largest absolute Gasteiger partial charge is 0.479 e. The van der Waals surface area contributed by atoms with Gasteiger partial charge >= 0.3 is 5.97 Å². The number of aryl methyl sites for hydroxylation is 1. The van der Waals surface area contributed by atoms with Crippen LogP contribution in [0.25, 0.3) is 22.8 Å². The number of hydrogen-bond acceptors (Lipinski definition) is 6. The first-order chi connectivity index (χ1) is 18.8. The summed E-state index contributed by atoms with van der Waals surface area (Å²) in [5.74, 6) is -0.431. The van der Waals surface area contributed by atoms with Gasteiger partial charge in [0.2, 0.25) is 5.89 Å². The summed E-state index contributed by atoms with van der Waals surface area (Å²) in [6, 6.07) is 8.04. The molecular formula is C31H35FN4O4. The molecule has 0 unspecified atom stereocenters. The van der Waals surface area contributed by atoms with Gasteiger partial charge in [-0.3, -0.25) is 0 Å². The quantitative estimate of drug-likeness (QED) is 0.267. The fourth-order valence-corrected chi connectivity index (χ4v) is 5.05. The van der Waals surface area contributed by atoms with Crippen molar-refractivity contribution in [1.82, 2.24) is 19.6 Å². The summed E-state index contributed by atoms with van der Waals surface area (Å²) >= 11 is 0. The molecule has 1 aromatic carbocycles. The molecule has 0 amide bonds. The maximum absolute atomic E-state index is 13.3. The third-order valence-electron chi connectivity index (χ3n) is 7.13. The Labute approximate surface area is 232 Å². The third-order valence-corrected chi connectivity index (χ3v) is 7.13. The zero-order valence-electron chi connectivity index (χ0n) is 23.8. The minimum atomic E-state index is -1.22. The highest BCUT2D eigenvalue weighted by atomic mass is 19.1. The Morgan fingerprint density at radius 3 is 2.60 bits per heavy atom. The van der Waals surface area contributed by atoms with Crippen LogP contribution in [0.15, 0.2) is 47.0 Å². The van der Waals surface area contributed by atoms with Crippen molar-refractivity contribution in [2.75, 3.05) is 0 Å². The van der Waals surface area contributed by atoms with Gasteiger partial charge in [-0.1, -0.05) is 32.1 Å². The molecule has 4 aromatic rings. The molecular weight excluding hydrogens is 511 g/mol. The van der Waals surface area contributed by atoms with Crippen molar-refractivity contribution in [2.45, 2.75) is 78.9 Å². The first kappa shape index (κ1) is 27.7. The molecule has 8 nitrogen and oxygen atoms in total. The van der Waals surface area contributed by atoms with Crippen LogP contribution in [0.4, 0.5) is 4.39 Å². The molecule has 3 aromatic heterocycles.